The average Bonchev–Trinajstić information content (AvgIpc) is 2.12. The fourth-order valence-electron chi connectivity index (χ4n) is 1.65. The summed E-state index contributed by atoms with van der Waals surface area (Å²) in [5, 5.41) is 19.0. The van der Waals surface area contributed by atoms with Crippen molar-refractivity contribution >= 4 is 11.8 Å². The Morgan fingerprint density at radius 1 is 1.24 bits per heavy atom. The van der Waals surface area contributed by atoms with Crippen LogP contribution in [0, 0.1) is 11.8 Å². The van der Waals surface area contributed by atoms with E-state index in [0.717, 1.165) is 0 Å². The highest BCUT2D eigenvalue weighted by Crippen LogP contribution is 2.16. The molecule has 0 aliphatic carbocycles. The molecule has 5 nitrogen and oxygen atoms in total. The van der Waals surface area contributed by atoms with Crippen LogP contribution < -0.4 is 0 Å². The Morgan fingerprint density at radius 3 is 2.00 bits per heavy atom. The van der Waals surface area contributed by atoms with E-state index in [1.165, 1.54) is 0 Å². The summed E-state index contributed by atoms with van der Waals surface area (Å²) in [6, 6.07) is 0. The number of aliphatic carboxylic acids is 1. The summed E-state index contributed by atoms with van der Waals surface area (Å²) < 4.78 is 0.415. The van der Waals surface area contributed by atoms with E-state index in [-0.39, 0.29) is 18.2 Å². The maximum Gasteiger partial charge on any atom is 0.316 e. The van der Waals surface area contributed by atoms with E-state index in [1.807, 2.05) is 28.1 Å². The minimum absolute atomic E-state index is 0.235. The maximum absolute atomic E-state index is 11.9. The van der Waals surface area contributed by atoms with E-state index >= 15 is 0 Å². The maximum atomic E-state index is 11.9. The lowest BCUT2D eigenvalue weighted by Gasteiger charge is -2.29. The van der Waals surface area contributed by atoms with Gasteiger partial charge in [0.25, 0.3) is 0 Å². The number of quaternary nitrogens is 1. The van der Waals surface area contributed by atoms with Gasteiger partial charge in [-0.05, 0) is 6.42 Å². The Hall–Kier alpha value is -0.940. The van der Waals surface area contributed by atoms with E-state index in [4.69, 9.17) is 5.11 Å². The van der Waals surface area contributed by atoms with Crippen molar-refractivity contribution in [3.05, 3.63) is 0 Å². The minimum atomic E-state index is -1.32. The molecule has 0 saturated heterocycles. The molecule has 0 aromatic heterocycles. The van der Waals surface area contributed by atoms with Crippen molar-refractivity contribution in [2.45, 2.75) is 26.4 Å². The number of aliphatic hydroxyl groups is 1. The largest absolute Gasteiger partial charge is 0.481 e. The van der Waals surface area contributed by atoms with Crippen LogP contribution in [0.3, 0.4) is 0 Å². The van der Waals surface area contributed by atoms with Gasteiger partial charge in [0, 0.05) is 5.92 Å². The zero-order valence-corrected chi connectivity index (χ0v) is 11.3. The minimum Gasteiger partial charge on any atom is -0.481 e. The summed E-state index contributed by atoms with van der Waals surface area (Å²) in [5.41, 5.74) is 0. The van der Waals surface area contributed by atoms with E-state index in [1.54, 1.807) is 6.92 Å². The number of hydrogen-bond acceptors (Lipinski definition) is 3. The second kappa shape index (κ2) is 6.12. The highest BCUT2D eigenvalue weighted by molar-refractivity contribution is 5.99. The predicted molar refractivity (Wildman–Crippen MR) is 64.5 cm³/mol. The number of hydrogen-bond donors (Lipinski definition) is 2. The molecule has 0 aliphatic rings. The lowest BCUT2D eigenvalue weighted by Crippen LogP contribution is -2.48. The topological polar surface area (TPSA) is 74.6 Å². The number of carbonyl (C=O) groups excluding carboxylic acids is 1. The average molecular weight is 246 g/mol. The van der Waals surface area contributed by atoms with E-state index in [2.05, 4.69) is 0 Å². The predicted octanol–water partition coefficient (Wildman–Crippen LogP) is 0.369. The van der Waals surface area contributed by atoms with Gasteiger partial charge in [0.05, 0.1) is 21.1 Å². The molecule has 3 atom stereocenters. The molecular formula is C12H24NO4+. The summed E-state index contributed by atoms with van der Waals surface area (Å²) in [6.07, 6.45) is -0.561. The fraction of sp³-hybridized carbons (Fsp3) is 0.833. The van der Waals surface area contributed by atoms with Gasteiger partial charge in [-0.15, -0.1) is 0 Å². The van der Waals surface area contributed by atoms with Crippen molar-refractivity contribution in [3.8, 4) is 0 Å². The van der Waals surface area contributed by atoms with Crippen LogP contribution in [0.25, 0.3) is 0 Å². The van der Waals surface area contributed by atoms with Crippen LogP contribution >= 0.6 is 0 Å². The highest BCUT2D eigenvalue weighted by atomic mass is 16.4. The Morgan fingerprint density at radius 2 is 1.71 bits per heavy atom. The van der Waals surface area contributed by atoms with E-state index in [0.29, 0.717) is 10.9 Å². The molecule has 0 spiro atoms. The Labute approximate surface area is 103 Å². The molecule has 0 saturated carbocycles. The smallest absolute Gasteiger partial charge is 0.316 e. The second-order valence-electron chi connectivity index (χ2n) is 5.57. The van der Waals surface area contributed by atoms with Gasteiger partial charge >= 0.3 is 5.97 Å². The van der Waals surface area contributed by atoms with Crippen LogP contribution in [0.15, 0.2) is 0 Å². The summed E-state index contributed by atoms with van der Waals surface area (Å²) >= 11 is 0. The highest BCUT2D eigenvalue weighted by Gasteiger charge is 2.38. The molecule has 0 amide bonds. The zero-order valence-electron chi connectivity index (χ0n) is 11.3. The first kappa shape index (κ1) is 16.1. The normalized spacial score (nSPS) is 17.3. The molecule has 2 N–H and O–H groups in total. The Balaban J connectivity index is 4.86. The number of ketones is 1. The SMILES string of the molecule is CC[C@H](C)C(=O)[C@H](C(=O)O)[C@@H](O)C[N+](C)(C)C. The zero-order chi connectivity index (χ0) is 13.8. The van der Waals surface area contributed by atoms with Gasteiger partial charge in [-0.2, -0.15) is 0 Å². The van der Waals surface area contributed by atoms with Gasteiger partial charge in [0.2, 0.25) is 0 Å². The Kier molecular flexibility index (Phi) is 5.78. The van der Waals surface area contributed by atoms with Crippen molar-refractivity contribution in [1.29, 1.82) is 0 Å². The molecule has 0 aromatic rings. The third-order valence-corrected chi connectivity index (χ3v) is 2.79. The van der Waals surface area contributed by atoms with Gasteiger partial charge in [0.1, 0.15) is 18.6 Å². The molecule has 0 aromatic carbocycles. The molecule has 17 heavy (non-hydrogen) atoms. The number of rotatable bonds is 7. The van der Waals surface area contributed by atoms with Gasteiger partial charge in [0.15, 0.2) is 5.78 Å². The quantitative estimate of drug-likeness (QED) is 0.503. The van der Waals surface area contributed by atoms with Gasteiger partial charge in [-0.1, -0.05) is 13.8 Å². The number of carboxylic acids is 1. The van der Waals surface area contributed by atoms with Crippen LogP contribution in [-0.2, 0) is 9.59 Å². The molecule has 0 heterocycles. The number of carbonyl (C=O) groups is 2. The number of aliphatic hydroxyl groups excluding tert-OH is 1. The van der Waals surface area contributed by atoms with Crippen molar-refractivity contribution < 1.29 is 24.3 Å². The third-order valence-electron chi connectivity index (χ3n) is 2.79. The van der Waals surface area contributed by atoms with Crippen LogP contribution in [0.2, 0.25) is 0 Å². The first-order valence-corrected chi connectivity index (χ1v) is 5.85. The molecule has 0 aliphatic heterocycles. The van der Waals surface area contributed by atoms with Crippen molar-refractivity contribution in [1.82, 2.24) is 0 Å². The lowest BCUT2D eigenvalue weighted by atomic mass is 9.88. The summed E-state index contributed by atoms with van der Waals surface area (Å²) in [5.74, 6) is -3.28. The number of nitrogens with zero attached hydrogens (tertiary/aromatic N) is 1. The van der Waals surface area contributed by atoms with Crippen LogP contribution in [0.5, 0.6) is 0 Å². The molecule has 0 bridgehead atoms. The van der Waals surface area contributed by atoms with Crippen molar-refractivity contribution in [3.63, 3.8) is 0 Å². The van der Waals surface area contributed by atoms with Crippen molar-refractivity contribution in [2.24, 2.45) is 11.8 Å². The van der Waals surface area contributed by atoms with Crippen LogP contribution in [-0.4, -0.2) is 60.2 Å². The number of Topliss-reactive ketones (excluding diaryl/α,β-unsaturated/α-hetero) is 1. The van der Waals surface area contributed by atoms with Gasteiger partial charge in [-0.3, -0.25) is 9.59 Å². The molecule has 5 heteroatoms. The van der Waals surface area contributed by atoms with Crippen LogP contribution in [0.1, 0.15) is 20.3 Å². The van der Waals surface area contributed by atoms with Crippen molar-refractivity contribution in [2.75, 3.05) is 27.7 Å². The van der Waals surface area contributed by atoms with Gasteiger partial charge < -0.3 is 14.7 Å². The third kappa shape index (κ3) is 5.28. The molecule has 0 radical (unpaired) electrons. The van der Waals surface area contributed by atoms with Crippen LogP contribution in [0.4, 0.5) is 0 Å². The number of likely N-dealkylation sites (N-methyl/N-ethyl adjacent to an activating group) is 1. The molecule has 100 valence electrons. The summed E-state index contributed by atoms with van der Waals surface area (Å²) in [7, 11) is 5.53. The summed E-state index contributed by atoms with van der Waals surface area (Å²) in [4.78, 5) is 23.0. The fourth-order valence-corrected chi connectivity index (χ4v) is 1.65. The monoisotopic (exact) mass is 246 g/mol. The van der Waals surface area contributed by atoms with Gasteiger partial charge in [-0.25, -0.2) is 0 Å². The summed E-state index contributed by atoms with van der Waals surface area (Å²) in [6.45, 7) is 3.75. The molecule has 0 fully saturated rings. The second-order valence-corrected chi connectivity index (χ2v) is 5.57. The first-order chi connectivity index (χ1) is 7.60. The first-order valence-electron chi connectivity index (χ1n) is 5.85. The lowest BCUT2D eigenvalue weighted by molar-refractivity contribution is -0.873. The molecular weight excluding hydrogens is 222 g/mol. The molecule has 0 rings (SSSR count). The Bertz CT molecular complexity index is 283. The van der Waals surface area contributed by atoms with E-state index in [9.17, 15) is 14.7 Å². The standard InChI is InChI=1S/C12H23NO4/c1-6-8(2)11(15)10(12(16)17)9(14)7-13(3,4)5/h8-10,14H,6-7H2,1-5H3/p+1/t8-,9-,10+/m0/s1. The number of carboxylic acid groups (broad SMARTS) is 1. The molecule has 0 unspecified atom stereocenters. The van der Waals surface area contributed by atoms with E-state index < -0.39 is 18.0 Å².